The molecule has 1 rings (SSSR count). The average Bonchev–Trinajstić information content (AvgIpc) is 2.22. The molecule has 0 saturated carbocycles. The fourth-order valence-electron chi connectivity index (χ4n) is 0.843. The second-order valence-electron chi connectivity index (χ2n) is 2.37. The standard InChI is InChI=1S/C10H12O.C2H6/c1-9(11-2)8-10-6-4-3-5-7-10;1-2/h3-8H,1-2H3;1-2H3/b9-8-;. The van der Waals surface area contributed by atoms with Gasteiger partial charge in [0.1, 0.15) is 0 Å². The quantitative estimate of drug-likeness (QED) is 0.627. The Hall–Kier alpha value is -1.24. The molecule has 1 nitrogen and oxygen atoms in total. The van der Waals surface area contributed by atoms with E-state index in [9.17, 15) is 0 Å². The lowest BCUT2D eigenvalue weighted by atomic mass is 10.2. The van der Waals surface area contributed by atoms with Gasteiger partial charge in [-0.25, -0.2) is 0 Å². The van der Waals surface area contributed by atoms with Crippen molar-refractivity contribution in [1.29, 1.82) is 0 Å². The summed E-state index contributed by atoms with van der Waals surface area (Å²) in [6, 6.07) is 10.1. The monoisotopic (exact) mass is 178 g/mol. The fraction of sp³-hybridized carbons (Fsp3) is 0.333. The van der Waals surface area contributed by atoms with Gasteiger partial charge in [-0.1, -0.05) is 44.2 Å². The van der Waals surface area contributed by atoms with Crippen molar-refractivity contribution in [2.45, 2.75) is 20.8 Å². The number of allylic oxidation sites excluding steroid dienone is 1. The Bertz CT molecular complexity index is 237. The molecule has 0 amide bonds. The summed E-state index contributed by atoms with van der Waals surface area (Å²) in [4.78, 5) is 0. The first-order chi connectivity index (χ1) is 6.33. The summed E-state index contributed by atoms with van der Waals surface area (Å²) in [6.45, 7) is 5.94. The highest BCUT2D eigenvalue weighted by molar-refractivity contribution is 5.50. The Labute approximate surface area is 81.1 Å². The van der Waals surface area contributed by atoms with Crippen LogP contribution in [0, 0.1) is 0 Å². The highest BCUT2D eigenvalue weighted by Gasteiger charge is 1.86. The first-order valence-electron chi connectivity index (χ1n) is 4.60. The van der Waals surface area contributed by atoms with Crippen LogP contribution in [0.1, 0.15) is 26.3 Å². The van der Waals surface area contributed by atoms with E-state index in [-0.39, 0.29) is 0 Å². The van der Waals surface area contributed by atoms with E-state index >= 15 is 0 Å². The lowest BCUT2D eigenvalue weighted by Gasteiger charge is -1.97. The summed E-state index contributed by atoms with van der Waals surface area (Å²) >= 11 is 0. The first kappa shape index (κ1) is 11.8. The van der Waals surface area contributed by atoms with Crippen LogP contribution in [-0.4, -0.2) is 7.11 Å². The van der Waals surface area contributed by atoms with Crippen LogP contribution in [0.4, 0.5) is 0 Å². The molecule has 0 radical (unpaired) electrons. The van der Waals surface area contributed by atoms with Gasteiger partial charge in [0.2, 0.25) is 0 Å². The maximum Gasteiger partial charge on any atom is 0.0930 e. The van der Waals surface area contributed by atoms with Crippen molar-refractivity contribution in [3.05, 3.63) is 41.7 Å². The van der Waals surface area contributed by atoms with Gasteiger partial charge in [-0.05, 0) is 18.6 Å². The largest absolute Gasteiger partial charge is 0.501 e. The molecule has 1 aromatic carbocycles. The molecule has 72 valence electrons. The van der Waals surface area contributed by atoms with Gasteiger partial charge in [-0.3, -0.25) is 0 Å². The van der Waals surface area contributed by atoms with Crippen molar-refractivity contribution < 1.29 is 4.74 Å². The van der Waals surface area contributed by atoms with Crippen LogP contribution >= 0.6 is 0 Å². The van der Waals surface area contributed by atoms with E-state index in [1.165, 1.54) is 5.56 Å². The van der Waals surface area contributed by atoms with Gasteiger partial charge in [-0.2, -0.15) is 0 Å². The number of hydrogen-bond donors (Lipinski definition) is 0. The van der Waals surface area contributed by atoms with Crippen molar-refractivity contribution in [3.63, 3.8) is 0 Å². The molecule has 0 bridgehead atoms. The molecular weight excluding hydrogens is 160 g/mol. The Morgan fingerprint density at radius 2 is 1.69 bits per heavy atom. The van der Waals surface area contributed by atoms with Gasteiger partial charge in [0.25, 0.3) is 0 Å². The Kier molecular flexibility index (Phi) is 6.70. The van der Waals surface area contributed by atoms with Gasteiger partial charge >= 0.3 is 0 Å². The van der Waals surface area contributed by atoms with E-state index in [0.29, 0.717) is 0 Å². The van der Waals surface area contributed by atoms with Gasteiger partial charge in [-0.15, -0.1) is 0 Å². The van der Waals surface area contributed by atoms with E-state index in [4.69, 9.17) is 4.74 Å². The predicted molar refractivity (Wildman–Crippen MR) is 58.5 cm³/mol. The third-order valence-electron chi connectivity index (χ3n) is 1.49. The SMILES string of the molecule is CC.CO/C(C)=C\c1ccccc1. The highest BCUT2D eigenvalue weighted by atomic mass is 16.5. The molecule has 0 saturated heterocycles. The van der Waals surface area contributed by atoms with Crippen molar-refractivity contribution >= 4 is 6.08 Å². The second kappa shape index (κ2) is 7.41. The van der Waals surface area contributed by atoms with Crippen LogP contribution in [0.25, 0.3) is 6.08 Å². The number of ether oxygens (including phenoxy) is 1. The Morgan fingerprint density at radius 1 is 1.15 bits per heavy atom. The molecule has 0 aliphatic heterocycles. The molecule has 0 fully saturated rings. The summed E-state index contributed by atoms with van der Waals surface area (Å²) < 4.78 is 5.02. The van der Waals surface area contributed by atoms with Gasteiger partial charge in [0.05, 0.1) is 12.9 Å². The topological polar surface area (TPSA) is 9.23 Å². The molecule has 0 aromatic heterocycles. The molecule has 0 aliphatic carbocycles. The zero-order chi connectivity index (χ0) is 10.1. The lowest BCUT2D eigenvalue weighted by molar-refractivity contribution is 0.297. The number of benzene rings is 1. The average molecular weight is 178 g/mol. The third kappa shape index (κ3) is 5.07. The van der Waals surface area contributed by atoms with Crippen LogP contribution in [0.5, 0.6) is 0 Å². The minimum atomic E-state index is 0.927. The maximum absolute atomic E-state index is 5.02. The molecule has 0 atom stereocenters. The predicted octanol–water partition coefficient (Wildman–Crippen LogP) is 3.72. The van der Waals surface area contributed by atoms with Gasteiger partial charge < -0.3 is 4.74 Å². The highest BCUT2D eigenvalue weighted by Crippen LogP contribution is 2.05. The molecule has 13 heavy (non-hydrogen) atoms. The normalized spacial score (nSPS) is 10.0. The van der Waals surface area contributed by atoms with Gasteiger partial charge in [0.15, 0.2) is 0 Å². The Morgan fingerprint density at radius 3 is 2.15 bits per heavy atom. The number of rotatable bonds is 2. The third-order valence-corrected chi connectivity index (χ3v) is 1.49. The summed E-state index contributed by atoms with van der Waals surface area (Å²) in [5.41, 5.74) is 1.17. The summed E-state index contributed by atoms with van der Waals surface area (Å²) in [5, 5.41) is 0. The van der Waals surface area contributed by atoms with Crippen LogP contribution in [0.2, 0.25) is 0 Å². The summed E-state index contributed by atoms with van der Waals surface area (Å²) in [5.74, 6) is 0.927. The van der Waals surface area contributed by atoms with E-state index in [2.05, 4.69) is 0 Å². The maximum atomic E-state index is 5.02. The summed E-state index contributed by atoms with van der Waals surface area (Å²) in [6.07, 6.45) is 2.00. The molecule has 0 spiro atoms. The molecule has 1 heteroatoms. The molecule has 0 heterocycles. The number of hydrogen-bond acceptors (Lipinski definition) is 1. The smallest absolute Gasteiger partial charge is 0.0930 e. The van der Waals surface area contributed by atoms with Crippen LogP contribution in [-0.2, 0) is 4.74 Å². The second-order valence-corrected chi connectivity index (χ2v) is 2.37. The lowest BCUT2D eigenvalue weighted by Crippen LogP contribution is -1.78. The van der Waals surface area contributed by atoms with E-state index in [1.807, 2.05) is 57.2 Å². The zero-order valence-corrected chi connectivity index (χ0v) is 8.87. The first-order valence-corrected chi connectivity index (χ1v) is 4.60. The minimum absolute atomic E-state index is 0.927. The Balaban J connectivity index is 0.000000671. The van der Waals surface area contributed by atoms with Crippen LogP contribution < -0.4 is 0 Å². The zero-order valence-electron chi connectivity index (χ0n) is 8.87. The fourth-order valence-corrected chi connectivity index (χ4v) is 0.843. The van der Waals surface area contributed by atoms with Crippen LogP contribution in [0.3, 0.4) is 0 Å². The van der Waals surface area contributed by atoms with Crippen molar-refractivity contribution in [2.75, 3.05) is 7.11 Å². The molecule has 0 N–H and O–H groups in total. The van der Waals surface area contributed by atoms with E-state index in [1.54, 1.807) is 7.11 Å². The van der Waals surface area contributed by atoms with Crippen molar-refractivity contribution in [1.82, 2.24) is 0 Å². The molecule has 0 unspecified atom stereocenters. The van der Waals surface area contributed by atoms with Crippen molar-refractivity contribution in [3.8, 4) is 0 Å². The molecule has 1 aromatic rings. The van der Waals surface area contributed by atoms with Gasteiger partial charge in [0, 0.05) is 0 Å². The molecular formula is C12H18O. The number of methoxy groups -OCH3 is 1. The van der Waals surface area contributed by atoms with Crippen molar-refractivity contribution in [2.24, 2.45) is 0 Å². The van der Waals surface area contributed by atoms with E-state index in [0.717, 1.165) is 5.76 Å². The molecule has 0 aliphatic rings. The minimum Gasteiger partial charge on any atom is -0.501 e. The van der Waals surface area contributed by atoms with Crippen LogP contribution in [0.15, 0.2) is 36.1 Å². The summed E-state index contributed by atoms with van der Waals surface area (Å²) in [7, 11) is 1.68. The van der Waals surface area contributed by atoms with E-state index < -0.39 is 0 Å².